The van der Waals surface area contributed by atoms with Crippen LogP contribution in [0.4, 0.5) is 0 Å². The van der Waals surface area contributed by atoms with E-state index in [-0.39, 0.29) is 18.4 Å². The molecule has 0 aliphatic carbocycles. The zero-order valence-corrected chi connectivity index (χ0v) is 8.75. The first-order valence-electron chi connectivity index (χ1n) is 4.19. The zero-order valence-electron chi connectivity index (χ0n) is 8.00. The highest BCUT2D eigenvalue weighted by Gasteiger charge is 2.14. The summed E-state index contributed by atoms with van der Waals surface area (Å²) in [5, 5.41) is 9.66. The number of halogens is 1. The molecule has 1 aromatic carbocycles. The zero-order chi connectivity index (χ0) is 9.14. The number of benzene rings is 1. The van der Waals surface area contributed by atoms with Gasteiger partial charge < -0.3 is 23.2 Å². The molecule has 0 aliphatic heterocycles. The van der Waals surface area contributed by atoms with Gasteiger partial charge in [-0.05, 0) is 19.4 Å². The van der Waals surface area contributed by atoms with Gasteiger partial charge in [0.1, 0.15) is 12.1 Å². The molecular formula is C10H16ClNO. The van der Waals surface area contributed by atoms with Gasteiger partial charge in [0.05, 0.1) is 0 Å². The molecular weight excluding hydrogens is 186 g/mol. The Morgan fingerprint density at radius 1 is 1.38 bits per heavy atom. The third kappa shape index (κ3) is 3.35. The Labute approximate surface area is 85.2 Å². The van der Waals surface area contributed by atoms with Crippen LogP contribution in [0, 0.1) is 6.92 Å². The maximum absolute atomic E-state index is 9.66. The Bertz CT molecular complexity index is 263. The molecule has 2 atom stereocenters. The Balaban J connectivity index is 0.00000144. The highest BCUT2D eigenvalue weighted by molar-refractivity contribution is 5.24. The van der Waals surface area contributed by atoms with E-state index in [0.29, 0.717) is 0 Å². The standard InChI is InChI=1S/C10H15NO.ClH/c1-7-4-3-5-9(6-7)10(12)8(2)11;/h3-6,8,10,12H,11H2,1-2H3;1H. The largest absolute Gasteiger partial charge is 1.00 e. The lowest BCUT2D eigenvalue weighted by molar-refractivity contribution is -0.433. The van der Waals surface area contributed by atoms with Gasteiger partial charge in [-0.1, -0.05) is 29.8 Å². The van der Waals surface area contributed by atoms with Crippen molar-refractivity contribution in [2.45, 2.75) is 26.0 Å². The van der Waals surface area contributed by atoms with E-state index in [9.17, 15) is 5.11 Å². The van der Waals surface area contributed by atoms with Gasteiger partial charge in [-0.2, -0.15) is 0 Å². The maximum atomic E-state index is 9.66. The van der Waals surface area contributed by atoms with Gasteiger partial charge in [0.15, 0.2) is 0 Å². The predicted molar refractivity (Wildman–Crippen MR) is 48.5 cm³/mol. The monoisotopic (exact) mass is 201 g/mol. The molecule has 13 heavy (non-hydrogen) atoms. The second-order valence-electron chi connectivity index (χ2n) is 3.34. The van der Waals surface area contributed by atoms with Gasteiger partial charge in [0.2, 0.25) is 0 Å². The predicted octanol–water partition coefficient (Wildman–Crippen LogP) is -2.34. The van der Waals surface area contributed by atoms with Gasteiger partial charge in [-0.3, -0.25) is 0 Å². The number of rotatable bonds is 2. The van der Waals surface area contributed by atoms with Crippen LogP contribution in [0.15, 0.2) is 24.3 Å². The van der Waals surface area contributed by atoms with Crippen molar-refractivity contribution in [2.24, 2.45) is 0 Å². The van der Waals surface area contributed by atoms with Crippen LogP contribution in [0.25, 0.3) is 0 Å². The molecule has 0 saturated carbocycles. The molecule has 0 amide bonds. The lowest BCUT2D eigenvalue weighted by atomic mass is 10.0. The van der Waals surface area contributed by atoms with E-state index < -0.39 is 6.10 Å². The number of quaternary nitrogens is 1. The number of hydrogen-bond donors (Lipinski definition) is 2. The summed E-state index contributed by atoms with van der Waals surface area (Å²) < 4.78 is 0. The Kier molecular flexibility index (Phi) is 4.99. The van der Waals surface area contributed by atoms with Crippen LogP contribution >= 0.6 is 0 Å². The van der Waals surface area contributed by atoms with Crippen molar-refractivity contribution < 1.29 is 23.2 Å². The molecule has 0 saturated heterocycles. The second-order valence-corrected chi connectivity index (χ2v) is 3.34. The number of hydrogen-bond acceptors (Lipinski definition) is 1. The SMILES string of the molecule is Cc1cccc(C(O)C(C)[NH3+])c1.[Cl-]. The number of aryl methyl sites for hydroxylation is 1. The highest BCUT2D eigenvalue weighted by Crippen LogP contribution is 2.15. The van der Waals surface area contributed by atoms with Crippen LogP contribution < -0.4 is 18.1 Å². The average molecular weight is 202 g/mol. The fourth-order valence-corrected chi connectivity index (χ4v) is 1.18. The summed E-state index contributed by atoms with van der Waals surface area (Å²) in [5.74, 6) is 0. The van der Waals surface area contributed by atoms with Crippen molar-refractivity contribution in [1.29, 1.82) is 0 Å². The molecule has 2 nitrogen and oxygen atoms in total. The fourth-order valence-electron chi connectivity index (χ4n) is 1.18. The van der Waals surface area contributed by atoms with Crippen LogP contribution in [0.1, 0.15) is 24.2 Å². The first-order chi connectivity index (χ1) is 5.61. The van der Waals surface area contributed by atoms with Crippen molar-refractivity contribution in [3.63, 3.8) is 0 Å². The Morgan fingerprint density at radius 3 is 2.46 bits per heavy atom. The topological polar surface area (TPSA) is 47.9 Å². The van der Waals surface area contributed by atoms with Gasteiger partial charge in [0, 0.05) is 0 Å². The number of aliphatic hydroxyl groups is 1. The van der Waals surface area contributed by atoms with Crippen molar-refractivity contribution in [3.05, 3.63) is 35.4 Å². The first kappa shape index (κ1) is 12.4. The van der Waals surface area contributed by atoms with Crippen molar-refractivity contribution in [2.75, 3.05) is 0 Å². The summed E-state index contributed by atoms with van der Waals surface area (Å²) in [6.07, 6.45) is -0.440. The van der Waals surface area contributed by atoms with Crippen molar-refractivity contribution >= 4 is 0 Å². The van der Waals surface area contributed by atoms with Crippen molar-refractivity contribution in [1.82, 2.24) is 0 Å². The summed E-state index contributed by atoms with van der Waals surface area (Å²) in [7, 11) is 0. The molecule has 0 fully saturated rings. The van der Waals surface area contributed by atoms with E-state index in [4.69, 9.17) is 0 Å². The molecule has 0 aromatic heterocycles. The van der Waals surface area contributed by atoms with Crippen LogP contribution in [0.2, 0.25) is 0 Å². The van der Waals surface area contributed by atoms with E-state index in [2.05, 4.69) is 5.73 Å². The molecule has 74 valence electrons. The molecule has 3 heteroatoms. The van der Waals surface area contributed by atoms with Crippen LogP contribution in [0.3, 0.4) is 0 Å². The van der Waals surface area contributed by atoms with E-state index in [0.717, 1.165) is 5.56 Å². The minimum Gasteiger partial charge on any atom is -1.00 e. The second kappa shape index (κ2) is 5.22. The first-order valence-corrected chi connectivity index (χ1v) is 4.19. The van der Waals surface area contributed by atoms with Gasteiger partial charge >= 0.3 is 0 Å². The van der Waals surface area contributed by atoms with Gasteiger partial charge in [-0.15, -0.1) is 0 Å². The van der Waals surface area contributed by atoms with Crippen LogP contribution in [-0.4, -0.2) is 11.1 Å². The molecule has 0 radical (unpaired) electrons. The summed E-state index contributed by atoms with van der Waals surface area (Å²) in [6, 6.07) is 7.93. The minimum absolute atomic E-state index is 0. The third-order valence-electron chi connectivity index (χ3n) is 1.92. The average Bonchev–Trinajstić information content (AvgIpc) is 2.03. The molecule has 4 N–H and O–H groups in total. The summed E-state index contributed by atoms with van der Waals surface area (Å²) >= 11 is 0. The van der Waals surface area contributed by atoms with E-state index in [1.54, 1.807) is 0 Å². The summed E-state index contributed by atoms with van der Waals surface area (Å²) in [6.45, 7) is 3.93. The van der Waals surface area contributed by atoms with E-state index in [1.807, 2.05) is 38.1 Å². The lowest BCUT2D eigenvalue weighted by Gasteiger charge is -2.12. The fraction of sp³-hybridized carbons (Fsp3) is 0.400. The molecule has 0 bridgehead atoms. The minimum atomic E-state index is -0.440. The van der Waals surface area contributed by atoms with Crippen LogP contribution in [-0.2, 0) is 0 Å². The molecule has 1 aromatic rings. The van der Waals surface area contributed by atoms with Crippen molar-refractivity contribution in [3.8, 4) is 0 Å². The van der Waals surface area contributed by atoms with Gasteiger partial charge in [-0.25, -0.2) is 0 Å². The van der Waals surface area contributed by atoms with Crippen LogP contribution in [0.5, 0.6) is 0 Å². The highest BCUT2D eigenvalue weighted by atomic mass is 35.5. The molecule has 2 unspecified atom stereocenters. The molecule has 0 spiro atoms. The maximum Gasteiger partial charge on any atom is 0.130 e. The summed E-state index contributed by atoms with van der Waals surface area (Å²) in [5.41, 5.74) is 5.92. The summed E-state index contributed by atoms with van der Waals surface area (Å²) in [4.78, 5) is 0. The molecule has 0 heterocycles. The third-order valence-corrected chi connectivity index (χ3v) is 1.92. The molecule has 1 rings (SSSR count). The Morgan fingerprint density at radius 2 is 2.00 bits per heavy atom. The van der Waals surface area contributed by atoms with E-state index in [1.165, 1.54) is 5.56 Å². The lowest BCUT2D eigenvalue weighted by Crippen LogP contribution is -3.00. The smallest absolute Gasteiger partial charge is 0.130 e. The van der Waals surface area contributed by atoms with Gasteiger partial charge in [0.25, 0.3) is 0 Å². The quantitative estimate of drug-likeness (QED) is 0.554. The Hall–Kier alpha value is -0.570. The van der Waals surface area contributed by atoms with E-state index >= 15 is 0 Å². The normalized spacial score (nSPS) is 14.5. The molecule has 0 aliphatic rings. The number of aliphatic hydroxyl groups excluding tert-OH is 1.